The van der Waals surface area contributed by atoms with Crippen LogP contribution in [0.3, 0.4) is 0 Å². The number of esters is 1. The molecule has 8 heteroatoms. The summed E-state index contributed by atoms with van der Waals surface area (Å²) in [6.45, 7) is 2.10. The molecule has 1 amide bonds. The molecule has 154 valence electrons. The lowest BCUT2D eigenvalue weighted by Crippen LogP contribution is -2.25. The second-order valence-electron chi connectivity index (χ2n) is 6.29. The van der Waals surface area contributed by atoms with Crippen LogP contribution in [0.4, 0.5) is 5.69 Å². The highest BCUT2D eigenvalue weighted by Gasteiger charge is 2.13. The van der Waals surface area contributed by atoms with Crippen LogP contribution in [0.5, 0.6) is 11.5 Å². The third kappa shape index (κ3) is 5.92. The number of hydrazone groups is 1. The van der Waals surface area contributed by atoms with E-state index in [-0.39, 0.29) is 12.5 Å². The van der Waals surface area contributed by atoms with E-state index in [0.29, 0.717) is 21.9 Å². The molecule has 2 aromatic carbocycles. The van der Waals surface area contributed by atoms with Gasteiger partial charge in [-0.3, -0.25) is 4.79 Å². The van der Waals surface area contributed by atoms with Crippen molar-refractivity contribution in [3.8, 4) is 11.5 Å². The SMILES string of the molecule is COc1cc(/C=N\NC(=O)CNc2ccc(C)cc2)ccc1OC(=O)c1cccs1. The van der Waals surface area contributed by atoms with Crippen LogP contribution < -0.4 is 20.2 Å². The fourth-order valence-corrected chi connectivity index (χ4v) is 3.06. The molecule has 0 spiro atoms. The molecule has 0 saturated carbocycles. The Kier molecular flexibility index (Phi) is 7.18. The number of nitrogens with zero attached hydrogens (tertiary/aromatic N) is 1. The van der Waals surface area contributed by atoms with Gasteiger partial charge in [0, 0.05) is 5.69 Å². The van der Waals surface area contributed by atoms with Gasteiger partial charge >= 0.3 is 5.97 Å². The van der Waals surface area contributed by atoms with Crippen LogP contribution in [-0.4, -0.2) is 31.7 Å². The number of nitrogens with one attached hydrogen (secondary N) is 2. The van der Waals surface area contributed by atoms with E-state index >= 15 is 0 Å². The summed E-state index contributed by atoms with van der Waals surface area (Å²) in [5, 5.41) is 8.77. The second kappa shape index (κ2) is 10.2. The zero-order valence-electron chi connectivity index (χ0n) is 16.5. The van der Waals surface area contributed by atoms with E-state index in [2.05, 4.69) is 15.8 Å². The molecule has 0 bridgehead atoms. The number of methoxy groups -OCH3 is 1. The first-order valence-corrected chi connectivity index (χ1v) is 9.99. The number of ether oxygens (including phenoxy) is 2. The van der Waals surface area contributed by atoms with E-state index in [1.165, 1.54) is 24.7 Å². The van der Waals surface area contributed by atoms with Gasteiger partial charge in [0.05, 0.1) is 19.9 Å². The zero-order valence-corrected chi connectivity index (χ0v) is 17.4. The van der Waals surface area contributed by atoms with Gasteiger partial charge in [-0.1, -0.05) is 23.8 Å². The number of thiophene rings is 1. The van der Waals surface area contributed by atoms with Gasteiger partial charge in [0.1, 0.15) is 4.88 Å². The molecule has 30 heavy (non-hydrogen) atoms. The average Bonchev–Trinajstić information content (AvgIpc) is 3.29. The van der Waals surface area contributed by atoms with Gasteiger partial charge in [0.15, 0.2) is 11.5 Å². The number of carbonyl (C=O) groups is 2. The molecule has 0 unspecified atom stereocenters. The molecule has 3 rings (SSSR count). The lowest BCUT2D eigenvalue weighted by molar-refractivity contribution is -0.119. The Morgan fingerprint density at radius 1 is 1.10 bits per heavy atom. The number of carbonyl (C=O) groups excluding carboxylic acids is 2. The van der Waals surface area contributed by atoms with E-state index in [1.807, 2.05) is 31.2 Å². The van der Waals surface area contributed by atoms with Crippen LogP contribution >= 0.6 is 11.3 Å². The lowest BCUT2D eigenvalue weighted by Gasteiger charge is -2.09. The van der Waals surface area contributed by atoms with Gasteiger partial charge in [0.25, 0.3) is 5.91 Å². The molecule has 0 fully saturated rings. The molecule has 1 aromatic heterocycles. The van der Waals surface area contributed by atoms with Crippen LogP contribution in [0, 0.1) is 6.92 Å². The number of aryl methyl sites for hydroxylation is 1. The molecule has 1 heterocycles. The Morgan fingerprint density at radius 3 is 2.60 bits per heavy atom. The van der Waals surface area contributed by atoms with Crippen molar-refractivity contribution in [2.45, 2.75) is 6.92 Å². The van der Waals surface area contributed by atoms with E-state index in [1.54, 1.807) is 35.7 Å². The number of anilines is 1. The maximum Gasteiger partial charge on any atom is 0.353 e. The Hall–Kier alpha value is -3.65. The summed E-state index contributed by atoms with van der Waals surface area (Å²) in [4.78, 5) is 24.5. The normalized spacial score (nSPS) is 10.6. The van der Waals surface area contributed by atoms with E-state index in [4.69, 9.17) is 9.47 Å². The third-order valence-electron chi connectivity index (χ3n) is 4.02. The fourth-order valence-electron chi connectivity index (χ4n) is 2.47. The maximum atomic E-state index is 12.1. The van der Waals surface area contributed by atoms with Gasteiger partial charge in [-0.25, -0.2) is 10.2 Å². The second-order valence-corrected chi connectivity index (χ2v) is 7.24. The Labute approximate surface area is 178 Å². The van der Waals surface area contributed by atoms with Gasteiger partial charge < -0.3 is 14.8 Å². The van der Waals surface area contributed by atoms with E-state index in [0.717, 1.165) is 11.3 Å². The van der Waals surface area contributed by atoms with Crippen molar-refractivity contribution in [3.63, 3.8) is 0 Å². The molecular formula is C22H21N3O4S. The highest BCUT2D eigenvalue weighted by Crippen LogP contribution is 2.28. The van der Waals surface area contributed by atoms with Crippen molar-refractivity contribution in [1.82, 2.24) is 5.43 Å². The zero-order chi connectivity index (χ0) is 21.3. The van der Waals surface area contributed by atoms with Crippen molar-refractivity contribution in [2.24, 2.45) is 5.10 Å². The Bertz CT molecular complexity index is 1030. The van der Waals surface area contributed by atoms with Crippen LogP contribution in [0.2, 0.25) is 0 Å². The van der Waals surface area contributed by atoms with Gasteiger partial charge in [-0.05, 0) is 54.3 Å². The highest BCUT2D eigenvalue weighted by molar-refractivity contribution is 7.12. The molecule has 0 aliphatic carbocycles. The summed E-state index contributed by atoms with van der Waals surface area (Å²) >= 11 is 1.30. The molecular weight excluding hydrogens is 402 g/mol. The molecule has 0 aliphatic rings. The predicted octanol–water partition coefficient (Wildman–Crippen LogP) is 3.85. The number of amides is 1. The van der Waals surface area contributed by atoms with Crippen LogP contribution in [-0.2, 0) is 4.79 Å². The maximum absolute atomic E-state index is 12.1. The third-order valence-corrected chi connectivity index (χ3v) is 4.87. The van der Waals surface area contributed by atoms with Gasteiger partial charge in [-0.15, -0.1) is 11.3 Å². The van der Waals surface area contributed by atoms with Crippen molar-refractivity contribution < 1.29 is 19.1 Å². The molecule has 0 aliphatic heterocycles. The molecule has 3 aromatic rings. The molecule has 2 N–H and O–H groups in total. The summed E-state index contributed by atoms with van der Waals surface area (Å²) in [6.07, 6.45) is 1.48. The lowest BCUT2D eigenvalue weighted by atomic mass is 10.2. The summed E-state index contributed by atoms with van der Waals surface area (Å²) in [7, 11) is 1.48. The molecule has 7 nitrogen and oxygen atoms in total. The van der Waals surface area contributed by atoms with Crippen molar-refractivity contribution >= 4 is 35.1 Å². The Balaban J connectivity index is 1.54. The highest BCUT2D eigenvalue weighted by atomic mass is 32.1. The Morgan fingerprint density at radius 2 is 1.90 bits per heavy atom. The van der Waals surface area contributed by atoms with Crippen molar-refractivity contribution in [2.75, 3.05) is 19.0 Å². The van der Waals surface area contributed by atoms with Crippen molar-refractivity contribution in [1.29, 1.82) is 0 Å². The van der Waals surface area contributed by atoms with E-state index in [9.17, 15) is 9.59 Å². The molecule has 0 atom stereocenters. The standard InChI is InChI=1S/C22H21N3O4S/c1-15-5-8-17(9-6-15)23-14-21(26)25-24-13-16-7-10-18(19(12-16)28-2)29-22(27)20-4-3-11-30-20/h3-13,23H,14H2,1-2H3,(H,25,26)/b24-13-. The first-order valence-electron chi connectivity index (χ1n) is 9.11. The summed E-state index contributed by atoms with van der Waals surface area (Å²) in [5.74, 6) is -0.0334. The topological polar surface area (TPSA) is 89.0 Å². The minimum Gasteiger partial charge on any atom is -0.493 e. The smallest absolute Gasteiger partial charge is 0.353 e. The summed E-state index contributed by atoms with van der Waals surface area (Å²) in [6, 6.07) is 16.2. The number of benzene rings is 2. The monoisotopic (exact) mass is 423 g/mol. The fraction of sp³-hybridized carbons (Fsp3) is 0.136. The number of hydrogen-bond donors (Lipinski definition) is 2. The van der Waals surface area contributed by atoms with E-state index < -0.39 is 5.97 Å². The molecule has 0 saturated heterocycles. The predicted molar refractivity (Wildman–Crippen MR) is 118 cm³/mol. The van der Waals surface area contributed by atoms with Gasteiger partial charge in [0.2, 0.25) is 0 Å². The summed E-state index contributed by atoms with van der Waals surface area (Å²) < 4.78 is 10.7. The molecule has 0 radical (unpaired) electrons. The van der Waals surface area contributed by atoms with Crippen molar-refractivity contribution in [3.05, 3.63) is 76.0 Å². The quantitative estimate of drug-likeness (QED) is 0.249. The van der Waals surface area contributed by atoms with Gasteiger partial charge in [-0.2, -0.15) is 5.10 Å². The largest absolute Gasteiger partial charge is 0.493 e. The van der Waals surface area contributed by atoms with Crippen LogP contribution in [0.1, 0.15) is 20.8 Å². The minimum atomic E-state index is -0.446. The first-order chi connectivity index (χ1) is 14.5. The number of rotatable bonds is 8. The summed E-state index contributed by atoms with van der Waals surface area (Å²) in [5.41, 5.74) is 5.14. The van der Waals surface area contributed by atoms with Crippen LogP contribution in [0.25, 0.3) is 0 Å². The minimum absolute atomic E-state index is 0.0985. The van der Waals surface area contributed by atoms with Crippen LogP contribution in [0.15, 0.2) is 65.1 Å². The average molecular weight is 423 g/mol. The number of hydrogen-bond acceptors (Lipinski definition) is 7. The first kappa shape index (κ1) is 21.1.